The van der Waals surface area contributed by atoms with Crippen molar-refractivity contribution < 1.29 is 8.95 Å². The highest BCUT2D eigenvalue weighted by molar-refractivity contribution is 7.92. The molecule has 7 nitrogen and oxygen atoms in total. The summed E-state index contributed by atoms with van der Waals surface area (Å²) in [6.07, 6.45) is 3.19. The minimum atomic E-state index is -3.17. The molecule has 4 rings (SSSR count). The quantitative estimate of drug-likeness (QED) is 0.548. The molecule has 2 aromatic heterocycles. The molecule has 1 N–H and O–H groups in total. The second-order valence-electron chi connectivity index (χ2n) is 6.43. The largest absolute Gasteiger partial charge is 0.481 e. The summed E-state index contributed by atoms with van der Waals surface area (Å²) in [4.78, 5) is 17.7. The van der Waals surface area contributed by atoms with Crippen LogP contribution in [0, 0.1) is 4.78 Å². The predicted molar refractivity (Wildman–Crippen MR) is 110 cm³/mol. The van der Waals surface area contributed by atoms with E-state index in [1.165, 1.54) is 4.68 Å². The van der Waals surface area contributed by atoms with Crippen LogP contribution < -0.4 is 10.3 Å². The highest BCUT2D eigenvalue weighted by atomic mass is 32.2. The van der Waals surface area contributed by atoms with E-state index in [1.807, 2.05) is 12.1 Å². The standard InChI is InChI=1S/C21H18N4O3S/c1-28-20-10-7-15(12-23-20)14-25-21(26)19-9-8-18(11-16(19)13-24-25)29(22,27)17-5-3-2-4-6-17/h2-13,22H,14H2,1H3/t29-/m0/s1. The lowest BCUT2D eigenvalue weighted by Crippen LogP contribution is -2.23. The van der Waals surface area contributed by atoms with Crippen LogP contribution in [0.2, 0.25) is 0 Å². The first-order chi connectivity index (χ1) is 14.0. The molecule has 29 heavy (non-hydrogen) atoms. The molecule has 0 aliphatic rings. The molecule has 8 heteroatoms. The molecule has 2 aromatic carbocycles. The maximum atomic E-state index is 13.0. The summed E-state index contributed by atoms with van der Waals surface area (Å²) in [5.74, 6) is 0.498. The third kappa shape index (κ3) is 3.62. The van der Waals surface area contributed by atoms with E-state index < -0.39 is 9.73 Å². The van der Waals surface area contributed by atoms with Crippen LogP contribution in [-0.4, -0.2) is 26.1 Å². The summed E-state index contributed by atoms with van der Waals surface area (Å²) in [5.41, 5.74) is 0.552. The SMILES string of the molecule is COc1ccc(Cn2ncc3cc([S@@](=N)(=O)c4ccccc4)ccc3c2=O)cn1. The highest BCUT2D eigenvalue weighted by Gasteiger charge is 2.15. The first kappa shape index (κ1) is 18.8. The summed E-state index contributed by atoms with van der Waals surface area (Å²) in [7, 11) is -1.63. The molecule has 0 saturated carbocycles. The minimum absolute atomic E-state index is 0.263. The fourth-order valence-electron chi connectivity index (χ4n) is 3.00. The van der Waals surface area contributed by atoms with Crippen LogP contribution in [0.25, 0.3) is 10.8 Å². The van der Waals surface area contributed by atoms with E-state index in [4.69, 9.17) is 9.52 Å². The van der Waals surface area contributed by atoms with Gasteiger partial charge < -0.3 is 4.74 Å². The molecule has 146 valence electrons. The number of rotatable bonds is 5. The van der Waals surface area contributed by atoms with Crippen LogP contribution in [0.4, 0.5) is 0 Å². The molecule has 0 spiro atoms. The predicted octanol–water partition coefficient (Wildman–Crippen LogP) is 3.31. The Morgan fingerprint density at radius 1 is 1.03 bits per heavy atom. The molecule has 0 bridgehead atoms. The van der Waals surface area contributed by atoms with E-state index in [2.05, 4.69) is 10.1 Å². The number of aromatic nitrogens is 3. The van der Waals surface area contributed by atoms with Crippen molar-refractivity contribution in [3.05, 3.63) is 89.0 Å². The molecule has 2 heterocycles. The van der Waals surface area contributed by atoms with Gasteiger partial charge in [-0.15, -0.1) is 0 Å². The van der Waals surface area contributed by atoms with Crippen molar-refractivity contribution in [1.82, 2.24) is 14.8 Å². The number of fused-ring (bicyclic) bond motifs is 1. The summed E-state index contributed by atoms with van der Waals surface area (Å²) >= 11 is 0. The van der Waals surface area contributed by atoms with E-state index in [-0.39, 0.29) is 12.1 Å². The van der Waals surface area contributed by atoms with Crippen LogP contribution in [-0.2, 0) is 16.3 Å². The topological polar surface area (TPSA) is 97.9 Å². The second-order valence-corrected chi connectivity index (χ2v) is 8.49. The lowest BCUT2D eigenvalue weighted by atomic mass is 10.2. The van der Waals surface area contributed by atoms with Crippen molar-refractivity contribution in [3.8, 4) is 5.88 Å². The molecule has 1 atom stereocenters. The van der Waals surface area contributed by atoms with Gasteiger partial charge in [0.1, 0.15) is 9.73 Å². The molecule has 0 radical (unpaired) electrons. The average Bonchev–Trinajstić information content (AvgIpc) is 2.76. The van der Waals surface area contributed by atoms with Gasteiger partial charge in [-0.3, -0.25) is 4.79 Å². The normalized spacial score (nSPS) is 13.1. The zero-order valence-electron chi connectivity index (χ0n) is 15.6. The van der Waals surface area contributed by atoms with Crippen LogP contribution in [0.5, 0.6) is 5.88 Å². The van der Waals surface area contributed by atoms with Crippen LogP contribution in [0.3, 0.4) is 0 Å². The van der Waals surface area contributed by atoms with Gasteiger partial charge in [0.25, 0.3) is 5.56 Å². The van der Waals surface area contributed by atoms with E-state index in [1.54, 1.807) is 68.0 Å². The average molecular weight is 406 g/mol. The number of benzene rings is 2. The van der Waals surface area contributed by atoms with Gasteiger partial charge in [0.2, 0.25) is 5.88 Å². The van der Waals surface area contributed by atoms with Gasteiger partial charge in [-0.25, -0.2) is 18.7 Å². The molecule has 0 aliphatic heterocycles. The van der Waals surface area contributed by atoms with Crippen molar-refractivity contribution >= 4 is 20.5 Å². The smallest absolute Gasteiger partial charge is 0.274 e. The van der Waals surface area contributed by atoms with Crippen LogP contribution in [0.15, 0.2) is 87.6 Å². The maximum absolute atomic E-state index is 13.0. The van der Waals surface area contributed by atoms with Crippen molar-refractivity contribution in [2.45, 2.75) is 16.3 Å². The third-order valence-corrected chi connectivity index (χ3v) is 6.42. The number of hydrogen-bond donors (Lipinski definition) is 1. The van der Waals surface area contributed by atoms with Gasteiger partial charge in [-0.2, -0.15) is 5.10 Å². The van der Waals surface area contributed by atoms with Gasteiger partial charge in [0, 0.05) is 17.6 Å². The Labute approximate surface area is 167 Å². The number of nitrogens with zero attached hydrogens (tertiary/aromatic N) is 3. The molecule has 0 saturated heterocycles. The Balaban J connectivity index is 1.71. The van der Waals surface area contributed by atoms with E-state index in [0.29, 0.717) is 26.4 Å². The number of pyridine rings is 1. The Morgan fingerprint density at radius 2 is 1.83 bits per heavy atom. The second kappa shape index (κ2) is 7.48. The first-order valence-electron chi connectivity index (χ1n) is 8.82. The zero-order valence-corrected chi connectivity index (χ0v) is 16.4. The minimum Gasteiger partial charge on any atom is -0.481 e. The lowest BCUT2D eigenvalue weighted by molar-refractivity contribution is 0.397. The first-order valence-corrected chi connectivity index (χ1v) is 10.4. The van der Waals surface area contributed by atoms with E-state index in [9.17, 15) is 9.00 Å². The highest BCUT2D eigenvalue weighted by Crippen LogP contribution is 2.24. The van der Waals surface area contributed by atoms with Crippen molar-refractivity contribution in [2.75, 3.05) is 7.11 Å². The van der Waals surface area contributed by atoms with Gasteiger partial charge >= 0.3 is 0 Å². The molecular weight excluding hydrogens is 388 g/mol. The summed E-state index contributed by atoms with van der Waals surface area (Å²) in [6, 6.07) is 17.0. The summed E-state index contributed by atoms with van der Waals surface area (Å²) < 4.78 is 27.8. The Hall–Kier alpha value is -3.52. The number of ether oxygens (including phenoxy) is 1. The molecule has 0 aliphatic carbocycles. The van der Waals surface area contributed by atoms with Crippen molar-refractivity contribution in [2.24, 2.45) is 0 Å². The zero-order chi connectivity index (χ0) is 20.4. The van der Waals surface area contributed by atoms with E-state index >= 15 is 0 Å². The van der Waals surface area contributed by atoms with Crippen molar-refractivity contribution in [3.63, 3.8) is 0 Å². The fourth-order valence-corrected chi connectivity index (χ4v) is 4.37. The molecule has 4 aromatic rings. The summed E-state index contributed by atoms with van der Waals surface area (Å²) in [5, 5.41) is 5.23. The van der Waals surface area contributed by atoms with Crippen LogP contribution in [0.1, 0.15) is 5.56 Å². The van der Waals surface area contributed by atoms with Gasteiger partial charge in [0.05, 0.1) is 35.0 Å². The summed E-state index contributed by atoms with van der Waals surface area (Å²) in [6.45, 7) is 0.271. The van der Waals surface area contributed by atoms with Gasteiger partial charge in [-0.05, 0) is 35.9 Å². The monoisotopic (exact) mass is 406 g/mol. The maximum Gasteiger partial charge on any atom is 0.274 e. The number of nitrogens with one attached hydrogen (secondary N) is 1. The Morgan fingerprint density at radius 3 is 2.52 bits per heavy atom. The number of hydrogen-bond acceptors (Lipinski definition) is 6. The fraction of sp³-hybridized carbons (Fsp3) is 0.0952. The Bertz CT molecular complexity index is 1330. The number of methoxy groups -OCH3 is 1. The van der Waals surface area contributed by atoms with Gasteiger partial charge in [0.15, 0.2) is 0 Å². The third-order valence-electron chi connectivity index (χ3n) is 4.57. The molecule has 0 unspecified atom stereocenters. The van der Waals surface area contributed by atoms with Gasteiger partial charge in [-0.1, -0.05) is 24.3 Å². The van der Waals surface area contributed by atoms with Crippen molar-refractivity contribution in [1.29, 1.82) is 4.78 Å². The Kier molecular flexibility index (Phi) is 4.85. The molecule has 0 amide bonds. The molecule has 0 fully saturated rings. The van der Waals surface area contributed by atoms with Crippen LogP contribution >= 0.6 is 0 Å². The lowest BCUT2D eigenvalue weighted by Gasteiger charge is -2.10. The van der Waals surface area contributed by atoms with E-state index in [0.717, 1.165) is 5.56 Å². The molecular formula is C21H18N4O3S.